The molecule has 0 aliphatic carbocycles. The molecule has 3 heterocycles. The first-order chi connectivity index (χ1) is 14.7. The number of hydrogen-bond donors (Lipinski definition) is 4. The van der Waals surface area contributed by atoms with Crippen molar-refractivity contribution >= 4 is 28.5 Å². The van der Waals surface area contributed by atoms with E-state index in [9.17, 15) is 28.5 Å². The third-order valence-electron chi connectivity index (χ3n) is 5.11. The van der Waals surface area contributed by atoms with Gasteiger partial charge in [-0.05, 0) is 11.6 Å². The van der Waals surface area contributed by atoms with Crippen molar-refractivity contribution < 1.29 is 33.2 Å². The van der Waals surface area contributed by atoms with Gasteiger partial charge in [0.2, 0.25) is 0 Å². The number of aliphatic hydroxyl groups is 3. The lowest BCUT2D eigenvalue weighted by molar-refractivity contribution is -0.136. The molecule has 0 unspecified atom stereocenters. The summed E-state index contributed by atoms with van der Waals surface area (Å²) in [6.07, 6.45) is -8.49. The maximum absolute atomic E-state index is 13.8. The number of alkyl halides is 3. The first kappa shape index (κ1) is 21.8. The molecular formula is C19H18ClF3N4O4. The fraction of sp³-hybridized carbons (Fsp3) is 0.368. The molecule has 4 N–H and O–H groups in total. The number of fused-ring (bicyclic) bond motifs is 1. The SMILES string of the molecule is OC[C@H]1O[C@@H](n2cc(C(F)(F)F)c3c(NCc4ccccc4Cl)ncnc32)[C@H](O)[C@@H]1O. The molecule has 0 bridgehead atoms. The number of aromatic nitrogens is 3. The summed E-state index contributed by atoms with van der Waals surface area (Å²) < 4.78 is 47.9. The van der Waals surface area contributed by atoms with Gasteiger partial charge < -0.3 is 29.9 Å². The molecule has 8 nitrogen and oxygen atoms in total. The third kappa shape index (κ3) is 3.94. The van der Waals surface area contributed by atoms with E-state index in [1.54, 1.807) is 24.3 Å². The zero-order valence-electron chi connectivity index (χ0n) is 15.8. The molecule has 0 amide bonds. The van der Waals surface area contributed by atoms with Crippen molar-refractivity contribution in [3.63, 3.8) is 0 Å². The first-order valence-corrected chi connectivity index (χ1v) is 9.62. The zero-order chi connectivity index (χ0) is 22.3. The number of aliphatic hydroxyl groups excluding tert-OH is 3. The van der Waals surface area contributed by atoms with Gasteiger partial charge in [0.25, 0.3) is 0 Å². The Morgan fingerprint density at radius 3 is 2.55 bits per heavy atom. The van der Waals surface area contributed by atoms with Crippen LogP contribution in [0.3, 0.4) is 0 Å². The van der Waals surface area contributed by atoms with Crippen molar-refractivity contribution in [2.75, 3.05) is 11.9 Å². The summed E-state index contributed by atoms with van der Waals surface area (Å²) in [4.78, 5) is 7.91. The van der Waals surface area contributed by atoms with Crippen LogP contribution in [0.15, 0.2) is 36.8 Å². The molecule has 1 fully saturated rings. The van der Waals surface area contributed by atoms with Crippen LogP contribution in [-0.4, -0.2) is 54.8 Å². The molecule has 1 aromatic carbocycles. The number of rotatable bonds is 5. The lowest BCUT2D eigenvalue weighted by Gasteiger charge is -2.17. The minimum atomic E-state index is -4.76. The third-order valence-corrected chi connectivity index (χ3v) is 5.48. The van der Waals surface area contributed by atoms with Crippen LogP contribution in [0.4, 0.5) is 19.0 Å². The van der Waals surface area contributed by atoms with E-state index in [1.807, 2.05) is 0 Å². The average Bonchev–Trinajstić information content (AvgIpc) is 3.26. The van der Waals surface area contributed by atoms with Crippen molar-refractivity contribution in [2.24, 2.45) is 0 Å². The summed E-state index contributed by atoms with van der Waals surface area (Å²) in [5.74, 6) is -0.0808. The highest BCUT2D eigenvalue weighted by molar-refractivity contribution is 6.31. The van der Waals surface area contributed by atoms with Crippen LogP contribution in [-0.2, 0) is 17.5 Å². The minimum Gasteiger partial charge on any atom is -0.394 e. The monoisotopic (exact) mass is 458 g/mol. The number of anilines is 1. The van der Waals surface area contributed by atoms with Crippen molar-refractivity contribution in [1.29, 1.82) is 0 Å². The molecule has 1 aliphatic rings. The van der Waals surface area contributed by atoms with E-state index in [0.29, 0.717) is 10.6 Å². The Labute approximate surface area is 178 Å². The summed E-state index contributed by atoms with van der Waals surface area (Å²) in [5, 5.41) is 32.5. The van der Waals surface area contributed by atoms with Gasteiger partial charge in [0, 0.05) is 17.8 Å². The van der Waals surface area contributed by atoms with E-state index in [-0.39, 0.29) is 23.4 Å². The summed E-state index contributed by atoms with van der Waals surface area (Å²) in [6.45, 7) is -0.498. The highest BCUT2D eigenvalue weighted by Gasteiger charge is 2.45. The number of halogens is 4. The fourth-order valence-corrected chi connectivity index (χ4v) is 3.76. The smallest absolute Gasteiger partial charge is 0.394 e. The van der Waals surface area contributed by atoms with Crippen LogP contribution in [0.25, 0.3) is 11.0 Å². The van der Waals surface area contributed by atoms with E-state index >= 15 is 0 Å². The number of ether oxygens (including phenoxy) is 1. The largest absolute Gasteiger partial charge is 0.418 e. The van der Waals surface area contributed by atoms with Crippen molar-refractivity contribution in [1.82, 2.24) is 14.5 Å². The van der Waals surface area contributed by atoms with E-state index < -0.39 is 42.9 Å². The Hall–Kier alpha value is -2.44. The molecule has 31 heavy (non-hydrogen) atoms. The second-order valence-corrected chi connectivity index (χ2v) is 7.45. The molecule has 0 saturated carbocycles. The lowest BCUT2D eigenvalue weighted by atomic mass is 10.1. The van der Waals surface area contributed by atoms with E-state index in [0.717, 1.165) is 17.1 Å². The van der Waals surface area contributed by atoms with Crippen LogP contribution >= 0.6 is 11.6 Å². The second-order valence-electron chi connectivity index (χ2n) is 7.04. The average molecular weight is 459 g/mol. The number of nitrogens with one attached hydrogen (secondary N) is 1. The van der Waals surface area contributed by atoms with Gasteiger partial charge in [-0.15, -0.1) is 0 Å². The van der Waals surface area contributed by atoms with Crippen LogP contribution in [0.5, 0.6) is 0 Å². The van der Waals surface area contributed by atoms with Crippen LogP contribution in [0.2, 0.25) is 5.02 Å². The van der Waals surface area contributed by atoms with Gasteiger partial charge in [-0.2, -0.15) is 13.2 Å². The Balaban J connectivity index is 1.78. The predicted octanol–water partition coefficient (Wildman–Crippen LogP) is 2.33. The molecule has 2 aromatic heterocycles. The normalized spacial score (nSPS) is 24.1. The Morgan fingerprint density at radius 1 is 1.16 bits per heavy atom. The van der Waals surface area contributed by atoms with E-state index in [1.165, 1.54) is 0 Å². The highest BCUT2D eigenvalue weighted by Crippen LogP contribution is 2.41. The van der Waals surface area contributed by atoms with E-state index in [4.69, 9.17) is 16.3 Å². The number of hydrogen-bond acceptors (Lipinski definition) is 7. The Morgan fingerprint density at radius 2 is 1.90 bits per heavy atom. The second kappa shape index (κ2) is 8.24. The number of nitrogens with zero attached hydrogens (tertiary/aromatic N) is 3. The quantitative estimate of drug-likeness (QED) is 0.464. The molecule has 12 heteroatoms. The standard InChI is InChI=1S/C19H18ClF3N4O4/c20-11-4-2-1-3-9(11)5-24-16-13-10(19(21,22)23)6-27(17(13)26-8-25-16)18-15(30)14(29)12(7-28)31-18/h1-4,6,8,12,14-15,18,28-30H,5,7H2,(H,24,25,26)/t12-,14-,15-,18-/m1/s1. The van der Waals surface area contributed by atoms with E-state index in [2.05, 4.69) is 15.3 Å². The van der Waals surface area contributed by atoms with Crippen molar-refractivity contribution in [3.05, 3.63) is 52.9 Å². The topological polar surface area (TPSA) is 113 Å². The molecule has 4 rings (SSSR count). The Kier molecular flexibility index (Phi) is 5.79. The molecule has 166 valence electrons. The molecule has 0 radical (unpaired) electrons. The maximum atomic E-state index is 13.8. The summed E-state index contributed by atoms with van der Waals surface area (Å²) >= 11 is 6.11. The van der Waals surface area contributed by atoms with Gasteiger partial charge in [-0.3, -0.25) is 0 Å². The minimum absolute atomic E-state index is 0.0808. The van der Waals surface area contributed by atoms with Gasteiger partial charge in [-0.1, -0.05) is 29.8 Å². The number of benzene rings is 1. The molecule has 4 atom stereocenters. The molecule has 1 aliphatic heterocycles. The lowest BCUT2D eigenvalue weighted by Crippen LogP contribution is -2.33. The van der Waals surface area contributed by atoms with Crippen LogP contribution in [0, 0.1) is 0 Å². The molecular weight excluding hydrogens is 441 g/mol. The van der Waals surface area contributed by atoms with Crippen LogP contribution in [0.1, 0.15) is 17.4 Å². The molecule has 0 spiro atoms. The van der Waals surface area contributed by atoms with Gasteiger partial charge in [-0.25, -0.2) is 9.97 Å². The van der Waals surface area contributed by atoms with Gasteiger partial charge >= 0.3 is 6.18 Å². The first-order valence-electron chi connectivity index (χ1n) is 9.24. The Bertz CT molecular complexity index is 1090. The summed E-state index contributed by atoms with van der Waals surface area (Å²) in [6, 6.07) is 6.87. The van der Waals surface area contributed by atoms with Gasteiger partial charge in [0.05, 0.1) is 17.6 Å². The summed E-state index contributed by atoms with van der Waals surface area (Å²) in [5.41, 5.74) is -0.534. The van der Waals surface area contributed by atoms with Gasteiger partial charge in [0.15, 0.2) is 6.23 Å². The fourth-order valence-electron chi connectivity index (χ4n) is 3.56. The van der Waals surface area contributed by atoms with Crippen molar-refractivity contribution in [3.8, 4) is 0 Å². The maximum Gasteiger partial charge on any atom is 0.418 e. The van der Waals surface area contributed by atoms with Gasteiger partial charge in [0.1, 0.15) is 36.1 Å². The predicted molar refractivity (Wildman–Crippen MR) is 104 cm³/mol. The van der Waals surface area contributed by atoms with Crippen molar-refractivity contribution in [2.45, 2.75) is 37.3 Å². The zero-order valence-corrected chi connectivity index (χ0v) is 16.5. The molecule has 3 aromatic rings. The molecule has 1 saturated heterocycles. The summed E-state index contributed by atoms with van der Waals surface area (Å²) in [7, 11) is 0. The highest BCUT2D eigenvalue weighted by atomic mass is 35.5. The van der Waals surface area contributed by atoms with Crippen LogP contribution < -0.4 is 5.32 Å².